The van der Waals surface area contributed by atoms with E-state index in [1.807, 2.05) is 0 Å². The molecule has 0 aliphatic heterocycles. The van der Waals surface area contributed by atoms with Gasteiger partial charge in [-0.2, -0.15) is 0 Å². The fraction of sp³-hybridized carbons (Fsp3) is 0.600. The SMILES string of the molecule is CN(CC1CCCC1)C(CN)c1ccc(Br)c(Br)c1. The second-order valence-electron chi connectivity index (χ2n) is 5.52. The van der Waals surface area contributed by atoms with Crippen LogP contribution in [0.2, 0.25) is 0 Å². The van der Waals surface area contributed by atoms with Crippen molar-refractivity contribution in [1.29, 1.82) is 0 Å². The first-order chi connectivity index (χ1) is 9.11. The first-order valence-electron chi connectivity index (χ1n) is 6.97. The van der Waals surface area contributed by atoms with Crippen LogP contribution in [0.5, 0.6) is 0 Å². The summed E-state index contributed by atoms with van der Waals surface area (Å²) < 4.78 is 2.18. The van der Waals surface area contributed by atoms with Gasteiger partial charge < -0.3 is 5.73 Å². The van der Waals surface area contributed by atoms with Gasteiger partial charge in [0.25, 0.3) is 0 Å². The Morgan fingerprint density at radius 1 is 1.26 bits per heavy atom. The van der Waals surface area contributed by atoms with Crippen molar-refractivity contribution in [1.82, 2.24) is 4.90 Å². The van der Waals surface area contributed by atoms with Gasteiger partial charge in [0.05, 0.1) is 0 Å². The third kappa shape index (κ3) is 4.03. The Labute approximate surface area is 133 Å². The normalized spacial score (nSPS) is 18.2. The second-order valence-corrected chi connectivity index (χ2v) is 7.22. The van der Waals surface area contributed by atoms with E-state index in [9.17, 15) is 0 Å². The predicted molar refractivity (Wildman–Crippen MR) is 88.2 cm³/mol. The maximum atomic E-state index is 6.00. The number of hydrogen-bond donors (Lipinski definition) is 1. The van der Waals surface area contributed by atoms with Crippen LogP contribution in [0.4, 0.5) is 0 Å². The van der Waals surface area contributed by atoms with E-state index >= 15 is 0 Å². The lowest BCUT2D eigenvalue weighted by atomic mass is 10.0. The van der Waals surface area contributed by atoms with Gasteiger partial charge in [0.1, 0.15) is 0 Å². The fourth-order valence-electron chi connectivity index (χ4n) is 3.02. The zero-order valence-corrected chi connectivity index (χ0v) is 14.6. The van der Waals surface area contributed by atoms with Gasteiger partial charge in [-0.1, -0.05) is 18.9 Å². The summed E-state index contributed by atoms with van der Waals surface area (Å²) in [4.78, 5) is 2.42. The molecule has 0 spiro atoms. The highest BCUT2D eigenvalue weighted by molar-refractivity contribution is 9.13. The molecular formula is C15H22Br2N2. The Kier molecular flexibility index (Phi) is 5.87. The quantitative estimate of drug-likeness (QED) is 0.811. The number of halogens is 2. The Hall–Kier alpha value is 0.1000. The molecule has 0 saturated heterocycles. The minimum atomic E-state index is 0.310. The minimum absolute atomic E-state index is 0.310. The van der Waals surface area contributed by atoms with Gasteiger partial charge in [0.15, 0.2) is 0 Å². The average Bonchev–Trinajstić information content (AvgIpc) is 2.87. The number of likely N-dealkylation sites (N-methyl/N-ethyl adjacent to an activating group) is 1. The van der Waals surface area contributed by atoms with Crippen LogP contribution in [0, 0.1) is 5.92 Å². The first-order valence-corrected chi connectivity index (χ1v) is 8.55. The van der Waals surface area contributed by atoms with E-state index in [1.165, 1.54) is 31.2 Å². The summed E-state index contributed by atoms with van der Waals surface area (Å²) in [5.74, 6) is 0.859. The number of nitrogens with two attached hydrogens (primary N) is 1. The Balaban J connectivity index is 2.06. The van der Waals surface area contributed by atoms with Crippen LogP contribution < -0.4 is 5.73 Å². The molecule has 1 fully saturated rings. The third-order valence-corrected chi connectivity index (χ3v) is 5.98. The molecule has 1 atom stereocenters. The Morgan fingerprint density at radius 3 is 2.53 bits per heavy atom. The largest absolute Gasteiger partial charge is 0.329 e. The molecule has 1 aromatic rings. The van der Waals surface area contributed by atoms with Crippen LogP contribution in [0.15, 0.2) is 27.1 Å². The van der Waals surface area contributed by atoms with Gasteiger partial charge >= 0.3 is 0 Å². The smallest absolute Gasteiger partial charge is 0.0467 e. The molecule has 1 aliphatic rings. The van der Waals surface area contributed by atoms with Crippen molar-refractivity contribution in [3.05, 3.63) is 32.7 Å². The molecule has 0 heterocycles. The van der Waals surface area contributed by atoms with Gasteiger partial charge in [-0.3, -0.25) is 4.90 Å². The predicted octanol–water partition coefficient (Wildman–Crippen LogP) is 4.33. The van der Waals surface area contributed by atoms with E-state index in [0.29, 0.717) is 12.6 Å². The van der Waals surface area contributed by atoms with Crippen molar-refractivity contribution in [2.24, 2.45) is 11.7 Å². The zero-order valence-electron chi connectivity index (χ0n) is 11.4. The molecule has 1 aliphatic carbocycles. The molecule has 0 amide bonds. The molecule has 2 nitrogen and oxygen atoms in total. The number of hydrogen-bond acceptors (Lipinski definition) is 2. The zero-order chi connectivity index (χ0) is 13.8. The maximum absolute atomic E-state index is 6.00. The van der Waals surface area contributed by atoms with E-state index in [1.54, 1.807) is 0 Å². The average molecular weight is 390 g/mol. The standard InChI is InChI=1S/C15H22Br2N2/c1-19(10-11-4-2-3-5-11)15(9-18)12-6-7-13(16)14(17)8-12/h6-8,11,15H,2-5,9-10,18H2,1H3. The van der Waals surface area contributed by atoms with Crippen molar-refractivity contribution in [3.8, 4) is 0 Å². The third-order valence-electron chi connectivity index (χ3n) is 4.10. The van der Waals surface area contributed by atoms with Crippen LogP contribution in [0.1, 0.15) is 37.3 Å². The molecule has 0 radical (unpaired) electrons. The highest BCUT2D eigenvalue weighted by Crippen LogP contribution is 2.30. The number of benzene rings is 1. The highest BCUT2D eigenvalue weighted by atomic mass is 79.9. The number of nitrogens with zero attached hydrogens (tertiary/aromatic N) is 1. The molecule has 0 aromatic heterocycles. The van der Waals surface area contributed by atoms with E-state index in [2.05, 4.69) is 62.0 Å². The summed E-state index contributed by atoms with van der Waals surface area (Å²) in [5.41, 5.74) is 7.29. The van der Waals surface area contributed by atoms with Crippen LogP contribution in [-0.2, 0) is 0 Å². The summed E-state index contributed by atoms with van der Waals surface area (Å²) in [6, 6.07) is 6.74. The number of rotatable bonds is 5. The molecule has 1 saturated carbocycles. The Bertz CT molecular complexity index is 417. The molecule has 1 aromatic carbocycles. The van der Waals surface area contributed by atoms with Gasteiger partial charge in [-0.05, 0) is 75.4 Å². The summed E-state index contributed by atoms with van der Waals surface area (Å²) in [5, 5.41) is 0. The molecule has 19 heavy (non-hydrogen) atoms. The van der Waals surface area contributed by atoms with E-state index in [0.717, 1.165) is 21.4 Å². The summed E-state index contributed by atoms with van der Waals surface area (Å²) in [6.45, 7) is 1.83. The van der Waals surface area contributed by atoms with Gasteiger partial charge in [-0.15, -0.1) is 0 Å². The van der Waals surface area contributed by atoms with E-state index in [-0.39, 0.29) is 0 Å². The van der Waals surface area contributed by atoms with E-state index < -0.39 is 0 Å². The van der Waals surface area contributed by atoms with Gasteiger partial charge in [0, 0.05) is 28.1 Å². The van der Waals surface area contributed by atoms with Crippen LogP contribution in [0.25, 0.3) is 0 Å². The van der Waals surface area contributed by atoms with E-state index in [4.69, 9.17) is 5.73 Å². The highest BCUT2D eigenvalue weighted by Gasteiger charge is 2.22. The van der Waals surface area contributed by atoms with Crippen molar-refractivity contribution >= 4 is 31.9 Å². The van der Waals surface area contributed by atoms with Crippen LogP contribution in [-0.4, -0.2) is 25.0 Å². The maximum Gasteiger partial charge on any atom is 0.0467 e. The topological polar surface area (TPSA) is 29.3 Å². The summed E-state index contributed by atoms with van der Waals surface area (Å²) >= 11 is 7.09. The minimum Gasteiger partial charge on any atom is -0.329 e. The summed E-state index contributed by atoms with van der Waals surface area (Å²) in [6.07, 6.45) is 5.56. The summed E-state index contributed by atoms with van der Waals surface area (Å²) in [7, 11) is 2.20. The van der Waals surface area contributed by atoms with Crippen molar-refractivity contribution in [2.45, 2.75) is 31.7 Å². The van der Waals surface area contributed by atoms with Crippen molar-refractivity contribution in [3.63, 3.8) is 0 Å². The monoisotopic (exact) mass is 388 g/mol. The fourth-order valence-corrected chi connectivity index (χ4v) is 3.66. The molecule has 1 unspecified atom stereocenters. The lowest BCUT2D eigenvalue weighted by molar-refractivity contribution is 0.212. The molecule has 0 bridgehead atoms. The Morgan fingerprint density at radius 2 is 1.95 bits per heavy atom. The molecule has 4 heteroatoms. The molecule has 2 N–H and O–H groups in total. The van der Waals surface area contributed by atoms with Gasteiger partial charge in [-0.25, -0.2) is 0 Å². The first kappa shape index (κ1) is 15.5. The molecule has 106 valence electrons. The van der Waals surface area contributed by atoms with Gasteiger partial charge in [0.2, 0.25) is 0 Å². The second kappa shape index (κ2) is 7.21. The van der Waals surface area contributed by atoms with Crippen molar-refractivity contribution in [2.75, 3.05) is 20.1 Å². The molecule has 2 rings (SSSR count). The lowest BCUT2D eigenvalue weighted by Gasteiger charge is -2.30. The van der Waals surface area contributed by atoms with Crippen LogP contribution in [0.3, 0.4) is 0 Å². The van der Waals surface area contributed by atoms with Crippen molar-refractivity contribution < 1.29 is 0 Å². The molecular weight excluding hydrogens is 368 g/mol. The van der Waals surface area contributed by atoms with Crippen LogP contribution >= 0.6 is 31.9 Å². The lowest BCUT2D eigenvalue weighted by Crippen LogP contribution is -2.33.